The fourth-order valence-electron chi connectivity index (χ4n) is 1.70. The van der Waals surface area contributed by atoms with Crippen molar-refractivity contribution in [2.45, 2.75) is 44.0 Å². The minimum atomic E-state index is -6.32. The molecule has 0 aliphatic rings. The Morgan fingerprint density at radius 2 is 1.58 bits per heavy atom. The molecule has 1 N–H and O–H groups in total. The van der Waals surface area contributed by atoms with Gasteiger partial charge in [-0.25, -0.2) is 4.79 Å². The summed E-state index contributed by atoms with van der Waals surface area (Å²) in [6.07, 6.45) is -1.79. The fraction of sp³-hybridized carbons (Fsp3) is 0.533. The molecule has 0 unspecified atom stereocenters. The second-order valence-electron chi connectivity index (χ2n) is 6.32. The Morgan fingerprint density at radius 1 is 1.08 bits per heavy atom. The zero-order valence-corrected chi connectivity index (χ0v) is 14.9. The van der Waals surface area contributed by atoms with Crippen molar-refractivity contribution in [3.05, 3.63) is 29.8 Å². The summed E-state index contributed by atoms with van der Waals surface area (Å²) in [7, 11) is -6.32. The lowest BCUT2D eigenvalue weighted by Crippen LogP contribution is -2.47. The number of benzene rings is 1. The van der Waals surface area contributed by atoms with Gasteiger partial charge in [-0.15, -0.1) is 0 Å². The first kappa shape index (κ1) is 22.2. The highest BCUT2D eigenvalue weighted by atomic mass is 32.2. The Morgan fingerprint density at radius 3 is 2.00 bits per heavy atom. The number of carbonyl (C=O) groups excluding carboxylic acids is 1. The Kier molecular flexibility index (Phi) is 6.30. The molecule has 148 valence electrons. The number of hydrogen-bond acceptors (Lipinski definition) is 5. The van der Waals surface area contributed by atoms with Crippen LogP contribution >= 0.6 is 0 Å². The molecule has 0 bridgehead atoms. The maximum absolute atomic E-state index is 13.3. The van der Waals surface area contributed by atoms with Crippen molar-refractivity contribution in [2.75, 3.05) is 6.61 Å². The number of hydrogen-bond donors (Lipinski definition) is 1. The van der Waals surface area contributed by atoms with E-state index in [1.807, 2.05) is 0 Å². The molecule has 0 fully saturated rings. The van der Waals surface area contributed by atoms with Gasteiger partial charge in [0, 0.05) is 0 Å². The zero-order valence-electron chi connectivity index (χ0n) is 14.1. The molecule has 0 saturated heterocycles. The molecule has 1 rings (SSSR count). The molecular weight excluding hydrogens is 384 g/mol. The average Bonchev–Trinajstić information content (AvgIpc) is 2.44. The SMILES string of the molecule is CC(C)(C)Oc1ccc(C(=O)OCCC(F)(F)C(F)(F)S(=O)(=O)O)cc1. The second-order valence-corrected chi connectivity index (χ2v) is 7.78. The number of alkyl halides is 4. The van der Waals surface area contributed by atoms with Crippen LogP contribution in [0.3, 0.4) is 0 Å². The van der Waals surface area contributed by atoms with Gasteiger partial charge < -0.3 is 9.47 Å². The predicted molar refractivity (Wildman–Crippen MR) is 83.2 cm³/mol. The van der Waals surface area contributed by atoms with Crippen molar-refractivity contribution >= 4 is 16.1 Å². The van der Waals surface area contributed by atoms with Gasteiger partial charge in [-0.05, 0) is 45.0 Å². The van der Waals surface area contributed by atoms with Gasteiger partial charge in [-0.2, -0.15) is 26.0 Å². The van der Waals surface area contributed by atoms with Gasteiger partial charge in [0.2, 0.25) is 0 Å². The molecule has 0 radical (unpaired) electrons. The van der Waals surface area contributed by atoms with Gasteiger partial charge in [0.25, 0.3) is 0 Å². The van der Waals surface area contributed by atoms with E-state index in [9.17, 15) is 30.8 Å². The van der Waals surface area contributed by atoms with Crippen LogP contribution in [0.15, 0.2) is 24.3 Å². The zero-order chi connectivity index (χ0) is 20.4. The van der Waals surface area contributed by atoms with E-state index in [4.69, 9.17) is 9.29 Å². The molecule has 0 aliphatic heterocycles. The third-order valence-electron chi connectivity index (χ3n) is 2.91. The summed E-state index contributed by atoms with van der Waals surface area (Å²) >= 11 is 0. The lowest BCUT2D eigenvalue weighted by atomic mass is 10.1. The molecule has 1 aromatic carbocycles. The predicted octanol–water partition coefficient (Wildman–Crippen LogP) is 3.53. The van der Waals surface area contributed by atoms with E-state index in [1.165, 1.54) is 24.3 Å². The van der Waals surface area contributed by atoms with E-state index >= 15 is 0 Å². The van der Waals surface area contributed by atoms with Crippen LogP contribution in [0.25, 0.3) is 0 Å². The van der Waals surface area contributed by atoms with E-state index in [-0.39, 0.29) is 5.56 Å². The van der Waals surface area contributed by atoms with E-state index in [2.05, 4.69) is 4.74 Å². The number of halogens is 4. The summed E-state index contributed by atoms with van der Waals surface area (Å²) in [5, 5.41) is -5.70. The van der Waals surface area contributed by atoms with Crippen molar-refractivity contribution in [1.82, 2.24) is 0 Å². The fourth-order valence-corrected chi connectivity index (χ4v) is 2.18. The quantitative estimate of drug-likeness (QED) is 0.426. The molecule has 0 aromatic heterocycles. The topological polar surface area (TPSA) is 89.9 Å². The summed E-state index contributed by atoms with van der Waals surface area (Å²) < 4.78 is 91.4. The molecule has 0 aliphatic carbocycles. The Balaban J connectivity index is 2.67. The summed E-state index contributed by atoms with van der Waals surface area (Å²) in [6, 6.07) is 5.44. The normalized spacial score (nSPS) is 13.4. The van der Waals surface area contributed by atoms with Crippen LogP contribution in [0, 0.1) is 0 Å². The first-order chi connectivity index (χ1) is 11.6. The molecule has 11 heteroatoms. The maximum Gasteiger partial charge on any atom is 0.431 e. The Hall–Kier alpha value is -1.88. The third kappa shape index (κ3) is 5.56. The standard InChI is InChI=1S/C15H18F4O6S/c1-13(2,3)25-11-6-4-10(5-7-11)12(20)24-9-8-14(16,17)15(18,19)26(21,22)23/h4-7H,8-9H2,1-3H3,(H,21,22,23). The highest BCUT2D eigenvalue weighted by Gasteiger charge is 2.65. The van der Waals surface area contributed by atoms with Crippen LogP contribution < -0.4 is 4.74 Å². The van der Waals surface area contributed by atoms with E-state index in [0.717, 1.165) is 0 Å². The first-order valence-electron chi connectivity index (χ1n) is 7.26. The van der Waals surface area contributed by atoms with Gasteiger partial charge in [-0.3, -0.25) is 4.55 Å². The van der Waals surface area contributed by atoms with E-state index < -0.39 is 45.9 Å². The van der Waals surface area contributed by atoms with Crippen LogP contribution in [-0.2, 0) is 14.9 Å². The maximum atomic E-state index is 13.3. The van der Waals surface area contributed by atoms with Crippen molar-refractivity contribution in [3.8, 4) is 5.75 Å². The smallest absolute Gasteiger partial charge is 0.431 e. The molecule has 26 heavy (non-hydrogen) atoms. The average molecular weight is 402 g/mol. The van der Waals surface area contributed by atoms with Crippen LogP contribution in [0.4, 0.5) is 17.6 Å². The van der Waals surface area contributed by atoms with Gasteiger partial charge >= 0.3 is 27.3 Å². The van der Waals surface area contributed by atoms with Gasteiger partial charge in [0.15, 0.2) is 0 Å². The number of ether oxygens (including phenoxy) is 2. The van der Waals surface area contributed by atoms with Crippen molar-refractivity contribution in [2.24, 2.45) is 0 Å². The number of esters is 1. The molecular formula is C15H18F4O6S. The third-order valence-corrected chi connectivity index (χ3v) is 3.86. The minimum absolute atomic E-state index is 0.0453. The van der Waals surface area contributed by atoms with Crippen LogP contribution in [0.1, 0.15) is 37.6 Å². The van der Waals surface area contributed by atoms with Crippen LogP contribution in [0.5, 0.6) is 5.75 Å². The molecule has 0 saturated carbocycles. The summed E-state index contributed by atoms with van der Waals surface area (Å²) in [5.74, 6) is -5.75. The molecule has 0 amide bonds. The van der Waals surface area contributed by atoms with Crippen molar-refractivity contribution in [1.29, 1.82) is 0 Å². The lowest BCUT2D eigenvalue weighted by molar-refractivity contribution is -0.168. The molecule has 0 heterocycles. The molecule has 6 nitrogen and oxygen atoms in total. The van der Waals surface area contributed by atoms with Crippen molar-refractivity contribution < 1.29 is 44.8 Å². The number of rotatable bonds is 7. The van der Waals surface area contributed by atoms with Gasteiger partial charge in [0.1, 0.15) is 11.4 Å². The minimum Gasteiger partial charge on any atom is -0.488 e. The monoisotopic (exact) mass is 402 g/mol. The Bertz CT molecular complexity index is 738. The summed E-state index contributed by atoms with van der Waals surface area (Å²) in [4.78, 5) is 11.7. The Labute approximate surface area is 147 Å². The summed E-state index contributed by atoms with van der Waals surface area (Å²) in [6.45, 7) is 4.23. The molecule has 0 spiro atoms. The summed E-state index contributed by atoms with van der Waals surface area (Å²) in [5.41, 5.74) is -0.526. The van der Waals surface area contributed by atoms with Crippen LogP contribution in [0.2, 0.25) is 0 Å². The van der Waals surface area contributed by atoms with E-state index in [1.54, 1.807) is 20.8 Å². The largest absolute Gasteiger partial charge is 0.488 e. The van der Waals surface area contributed by atoms with Gasteiger partial charge in [-0.1, -0.05) is 0 Å². The van der Waals surface area contributed by atoms with Crippen LogP contribution in [-0.4, -0.2) is 42.3 Å². The number of carbonyl (C=O) groups is 1. The van der Waals surface area contributed by atoms with E-state index in [0.29, 0.717) is 5.75 Å². The molecule has 1 aromatic rings. The van der Waals surface area contributed by atoms with Gasteiger partial charge in [0.05, 0.1) is 18.6 Å². The first-order valence-corrected chi connectivity index (χ1v) is 8.70. The lowest BCUT2D eigenvalue weighted by Gasteiger charge is -2.23. The molecule has 0 atom stereocenters. The second kappa shape index (κ2) is 7.39. The highest BCUT2D eigenvalue weighted by molar-refractivity contribution is 7.87. The highest BCUT2D eigenvalue weighted by Crippen LogP contribution is 2.40. The van der Waals surface area contributed by atoms with Crippen molar-refractivity contribution in [3.63, 3.8) is 0 Å².